The van der Waals surface area contributed by atoms with E-state index in [1.165, 1.54) is 0 Å². The van der Waals surface area contributed by atoms with Crippen molar-refractivity contribution in [3.05, 3.63) is 35.9 Å². The molecule has 2 aliphatic carbocycles. The average Bonchev–Trinajstić information content (AvgIpc) is 3.61. The Kier molecular flexibility index (Phi) is 7.04. The normalized spacial score (nSPS) is 22.7. The highest BCUT2D eigenvalue weighted by Crippen LogP contribution is 2.56. The van der Waals surface area contributed by atoms with Gasteiger partial charge in [-0.05, 0) is 69.3 Å². The Morgan fingerprint density at radius 3 is 2.30 bits per heavy atom. The summed E-state index contributed by atoms with van der Waals surface area (Å²) in [6.45, 7) is 8.09. The summed E-state index contributed by atoms with van der Waals surface area (Å²) < 4.78 is 11.0. The van der Waals surface area contributed by atoms with E-state index in [0.717, 1.165) is 31.2 Å². The first-order chi connectivity index (χ1) is 15.0. The highest BCUT2D eigenvalue weighted by molar-refractivity contribution is 5.91. The van der Waals surface area contributed by atoms with Gasteiger partial charge in [-0.2, -0.15) is 0 Å². The van der Waals surface area contributed by atoms with Crippen molar-refractivity contribution >= 4 is 30.4 Å². The number of benzene rings is 1. The molecule has 1 aliphatic heterocycles. The van der Waals surface area contributed by atoms with E-state index in [0.29, 0.717) is 13.0 Å². The lowest BCUT2D eigenvalue weighted by Crippen LogP contribution is -2.55. The first-order valence-corrected chi connectivity index (χ1v) is 11.5. The Balaban J connectivity index is 0.00000306. The Bertz CT molecular complexity index is 890. The van der Waals surface area contributed by atoms with Crippen molar-refractivity contribution in [2.75, 3.05) is 6.54 Å². The number of carbonyl (C=O) groups is 3. The molecule has 2 amide bonds. The molecule has 0 aromatic heterocycles. The SMILES string of the molecule is CC(C)(C)OC(=O)N[C@H](C(=O)N1CC2(CC2)C[C@H]1C(=O)OCc1ccccc1)C1(C)CC1.Cl. The van der Waals surface area contributed by atoms with Crippen LogP contribution >= 0.6 is 12.4 Å². The van der Waals surface area contributed by atoms with E-state index in [4.69, 9.17) is 9.47 Å². The summed E-state index contributed by atoms with van der Waals surface area (Å²) in [5, 5.41) is 2.81. The summed E-state index contributed by atoms with van der Waals surface area (Å²) in [6.07, 6.45) is 3.75. The summed E-state index contributed by atoms with van der Waals surface area (Å²) >= 11 is 0. The fraction of sp³-hybridized carbons (Fsp3) is 0.640. The van der Waals surface area contributed by atoms with E-state index in [1.807, 2.05) is 37.3 Å². The van der Waals surface area contributed by atoms with Crippen LogP contribution in [0.2, 0.25) is 0 Å². The second kappa shape index (κ2) is 9.16. The van der Waals surface area contributed by atoms with Crippen LogP contribution in [0.1, 0.15) is 65.4 Å². The fourth-order valence-electron chi connectivity index (χ4n) is 4.47. The summed E-state index contributed by atoms with van der Waals surface area (Å²) in [5.41, 5.74) is -0.0380. The van der Waals surface area contributed by atoms with E-state index in [9.17, 15) is 14.4 Å². The van der Waals surface area contributed by atoms with Crippen molar-refractivity contribution in [3.63, 3.8) is 0 Å². The van der Waals surface area contributed by atoms with Crippen molar-refractivity contribution in [2.24, 2.45) is 10.8 Å². The van der Waals surface area contributed by atoms with Crippen molar-refractivity contribution in [1.82, 2.24) is 10.2 Å². The highest BCUT2D eigenvalue weighted by Gasteiger charge is 2.59. The minimum absolute atomic E-state index is 0. The molecule has 2 atom stereocenters. The van der Waals surface area contributed by atoms with Gasteiger partial charge in [0.05, 0.1) is 0 Å². The van der Waals surface area contributed by atoms with Gasteiger partial charge in [0.2, 0.25) is 5.91 Å². The number of nitrogens with one attached hydrogen (secondary N) is 1. The second-order valence-electron chi connectivity index (χ2n) is 11.0. The van der Waals surface area contributed by atoms with Gasteiger partial charge in [0, 0.05) is 6.54 Å². The third kappa shape index (κ3) is 5.99. The molecule has 4 rings (SSSR count). The van der Waals surface area contributed by atoms with Crippen LogP contribution in [0.5, 0.6) is 0 Å². The van der Waals surface area contributed by atoms with Crippen LogP contribution in [0, 0.1) is 10.8 Å². The molecule has 0 unspecified atom stereocenters. The minimum atomic E-state index is -0.712. The summed E-state index contributed by atoms with van der Waals surface area (Å²) in [5.74, 6) is -0.579. The molecule has 1 saturated heterocycles. The van der Waals surface area contributed by atoms with Gasteiger partial charge in [0.25, 0.3) is 0 Å². The highest BCUT2D eigenvalue weighted by atomic mass is 35.5. The second-order valence-corrected chi connectivity index (χ2v) is 11.0. The average molecular weight is 479 g/mol. The lowest BCUT2D eigenvalue weighted by Gasteiger charge is -2.32. The third-order valence-corrected chi connectivity index (χ3v) is 6.89. The van der Waals surface area contributed by atoms with Crippen molar-refractivity contribution in [3.8, 4) is 0 Å². The number of hydrogen-bond acceptors (Lipinski definition) is 5. The summed E-state index contributed by atoms with van der Waals surface area (Å²) in [6, 6.07) is 8.20. The number of rotatable bonds is 6. The molecule has 0 radical (unpaired) electrons. The van der Waals surface area contributed by atoms with Crippen LogP contribution in [0.3, 0.4) is 0 Å². The number of ether oxygens (including phenoxy) is 2. The van der Waals surface area contributed by atoms with Gasteiger partial charge in [-0.3, -0.25) is 4.79 Å². The number of halogens is 1. The standard InChI is InChI=1S/C25H34N2O5.ClH/c1-23(2,3)32-22(30)26-19(24(4)10-11-24)20(28)27-16-25(12-13-25)14-18(27)21(29)31-15-17-8-6-5-7-9-17;/h5-9,18-19H,10-16H2,1-4H3,(H,26,30);1H/t18-,19+;/m0./s1. The lowest BCUT2D eigenvalue weighted by atomic mass is 9.97. The first-order valence-electron chi connectivity index (χ1n) is 11.5. The smallest absolute Gasteiger partial charge is 0.408 e. The molecular formula is C25H35ClN2O5. The van der Waals surface area contributed by atoms with E-state index in [2.05, 4.69) is 5.32 Å². The molecule has 3 aliphatic rings. The number of amides is 2. The van der Waals surface area contributed by atoms with Crippen LogP contribution in [-0.2, 0) is 25.7 Å². The van der Waals surface area contributed by atoms with Crippen molar-refractivity contribution < 1.29 is 23.9 Å². The van der Waals surface area contributed by atoms with Gasteiger partial charge in [0.15, 0.2) is 0 Å². The zero-order valence-electron chi connectivity index (χ0n) is 19.9. The molecule has 1 N–H and O–H groups in total. The Morgan fingerprint density at radius 2 is 1.76 bits per heavy atom. The number of carbonyl (C=O) groups excluding carboxylic acids is 3. The predicted molar refractivity (Wildman–Crippen MR) is 126 cm³/mol. The van der Waals surface area contributed by atoms with E-state index >= 15 is 0 Å². The first kappa shape index (κ1) is 25.3. The van der Waals surface area contributed by atoms with Crippen LogP contribution < -0.4 is 5.32 Å². The molecule has 1 aromatic rings. The predicted octanol–water partition coefficient (Wildman–Crippen LogP) is 4.23. The van der Waals surface area contributed by atoms with Crippen molar-refractivity contribution in [1.29, 1.82) is 0 Å². The Morgan fingerprint density at radius 1 is 1.12 bits per heavy atom. The molecule has 1 spiro atoms. The van der Waals surface area contributed by atoms with Gasteiger partial charge in [-0.1, -0.05) is 37.3 Å². The zero-order chi connectivity index (χ0) is 23.1. The van der Waals surface area contributed by atoms with Crippen LogP contribution in [0.15, 0.2) is 30.3 Å². The fourth-order valence-corrected chi connectivity index (χ4v) is 4.47. The topological polar surface area (TPSA) is 84.9 Å². The molecule has 2 saturated carbocycles. The number of likely N-dealkylation sites (tertiary alicyclic amines) is 1. The molecule has 182 valence electrons. The van der Waals surface area contributed by atoms with E-state index < -0.39 is 23.8 Å². The molecule has 1 aromatic carbocycles. The van der Waals surface area contributed by atoms with Crippen LogP contribution in [0.25, 0.3) is 0 Å². The largest absolute Gasteiger partial charge is 0.459 e. The molecule has 33 heavy (non-hydrogen) atoms. The van der Waals surface area contributed by atoms with Gasteiger partial charge in [-0.15, -0.1) is 12.4 Å². The maximum absolute atomic E-state index is 13.7. The monoisotopic (exact) mass is 478 g/mol. The number of nitrogens with zero attached hydrogens (tertiary/aromatic N) is 1. The van der Waals surface area contributed by atoms with E-state index in [-0.39, 0.29) is 41.7 Å². The molecular weight excluding hydrogens is 444 g/mol. The zero-order valence-corrected chi connectivity index (χ0v) is 20.7. The van der Waals surface area contributed by atoms with Gasteiger partial charge in [0.1, 0.15) is 24.3 Å². The Hall–Kier alpha value is -2.28. The van der Waals surface area contributed by atoms with Gasteiger partial charge >= 0.3 is 12.1 Å². The molecule has 1 heterocycles. The maximum atomic E-state index is 13.7. The molecule has 3 fully saturated rings. The third-order valence-electron chi connectivity index (χ3n) is 6.89. The van der Waals surface area contributed by atoms with Gasteiger partial charge < -0.3 is 19.7 Å². The molecule has 0 bridgehead atoms. The van der Waals surface area contributed by atoms with E-state index in [1.54, 1.807) is 25.7 Å². The van der Waals surface area contributed by atoms with Crippen LogP contribution in [0.4, 0.5) is 4.79 Å². The quantitative estimate of drug-likeness (QED) is 0.618. The summed E-state index contributed by atoms with van der Waals surface area (Å²) in [7, 11) is 0. The summed E-state index contributed by atoms with van der Waals surface area (Å²) in [4.78, 5) is 40.8. The minimum Gasteiger partial charge on any atom is -0.459 e. The molecule has 8 heteroatoms. The molecule has 7 nitrogen and oxygen atoms in total. The number of hydrogen-bond donors (Lipinski definition) is 1. The van der Waals surface area contributed by atoms with Crippen LogP contribution in [-0.4, -0.2) is 47.1 Å². The van der Waals surface area contributed by atoms with Gasteiger partial charge in [-0.25, -0.2) is 9.59 Å². The number of esters is 1. The Labute approximate surface area is 202 Å². The van der Waals surface area contributed by atoms with Crippen molar-refractivity contribution in [2.45, 2.75) is 84.1 Å². The maximum Gasteiger partial charge on any atom is 0.408 e. The number of alkyl carbamates (subject to hydrolysis) is 1. The lowest BCUT2D eigenvalue weighted by molar-refractivity contribution is -0.155.